The summed E-state index contributed by atoms with van der Waals surface area (Å²) < 4.78 is 13.5. The molecule has 1 aromatic carbocycles. The molecule has 2 bridgehead atoms. The minimum absolute atomic E-state index is 0.220. The molecule has 0 unspecified atom stereocenters. The Labute approximate surface area is 163 Å². The fourth-order valence-corrected chi connectivity index (χ4v) is 5.60. The van der Waals surface area contributed by atoms with Crippen molar-refractivity contribution in [2.45, 2.75) is 37.8 Å². The topological polar surface area (TPSA) is 56.7 Å². The molecule has 0 radical (unpaired) electrons. The van der Waals surface area contributed by atoms with E-state index >= 15 is 0 Å². The van der Waals surface area contributed by atoms with Crippen LogP contribution >= 0.6 is 0 Å². The van der Waals surface area contributed by atoms with Gasteiger partial charge in [-0.05, 0) is 68.6 Å². The summed E-state index contributed by atoms with van der Waals surface area (Å²) in [5, 5.41) is 9.74. The number of fused-ring (bicyclic) bond motifs is 2. The molecule has 6 heteroatoms. The lowest BCUT2D eigenvalue weighted by Gasteiger charge is -2.51. The Bertz CT molecular complexity index is 908. The number of rotatable bonds is 3. The van der Waals surface area contributed by atoms with Gasteiger partial charge < -0.3 is 10.0 Å². The van der Waals surface area contributed by atoms with Gasteiger partial charge in [-0.1, -0.05) is 12.1 Å². The number of aryl methyl sites for hydroxylation is 1. The largest absolute Gasteiger partial charge is 0.478 e. The molecular formula is C22H24FN3O2. The van der Waals surface area contributed by atoms with Crippen LogP contribution in [0, 0.1) is 18.7 Å². The van der Waals surface area contributed by atoms with Crippen molar-refractivity contribution in [3.8, 4) is 0 Å². The number of carboxylic acid groups (broad SMARTS) is 1. The monoisotopic (exact) mass is 381 g/mol. The van der Waals surface area contributed by atoms with Gasteiger partial charge in [-0.2, -0.15) is 0 Å². The van der Waals surface area contributed by atoms with Crippen molar-refractivity contribution in [2.24, 2.45) is 5.92 Å². The Morgan fingerprint density at radius 3 is 2.50 bits per heavy atom. The number of pyridine rings is 1. The molecule has 4 saturated heterocycles. The van der Waals surface area contributed by atoms with Crippen LogP contribution in [-0.2, 0) is 0 Å². The summed E-state index contributed by atoms with van der Waals surface area (Å²) in [5.41, 5.74) is 2.21. The zero-order valence-electron chi connectivity index (χ0n) is 15.9. The molecule has 0 saturated carbocycles. The zero-order chi connectivity index (χ0) is 19.4. The first-order valence-corrected chi connectivity index (χ1v) is 10.00. The highest BCUT2D eigenvalue weighted by Gasteiger charge is 2.54. The molecule has 5 nitrogen and oxygen atoms in total. The van der Waals surface area contributed by atoms with Crippen LogP contribution in [0.25, 0.3) is 0 Å². The van der Waals surface area contributed by atoms with E-state index in [0.717, 1.165) is 37.2 Å². The number of aromatic carboxylic acids is 1. The molecule has 4 aliphatic rings. The molecule has 28 heavy (non-hydrogen) atoms. The molecule has 4 fully saturated rings. The lowest BCUT2D eigenvalue weighted by atomic mass is 9.75. The van der Waals surface area contributed by atoms with Crippen molar-refractivity contribution in [3.63, 3.8) is 0 Å². The standard InChI is InChI=1S/C22H24FN3O2/c1-13-2-7-17(22(27)28)21(24-13)26-12-18(14-3-5-16(23)6-4-14)20-19(26)15-8-10-25(20)11-9-15/h2-7,15,18-20H,8-12H2,1H3,(H,27,28)/t18-,19+,20+/m1/s1. The first-order valence-electron chi connectivity index (χ1n) is 10.00. The van der Waals surface area contributed by atoms with E-state index < -0.39 is 5.97 Å². The van der Waals surface area contributed by atoms with Crippen LogP contribution < -0.4 is 4.90 Å². The van der Waals surface area contributed by atoms with Gasteiger partial charge in [0.25, 0.3) is 0 Å². The highest BCUT2D eigenvalue weighted by molar-refractivity contribution is 5.93. The Morgan fingerprint density at radius 2 is 1.82 bits per heavy atom. The van der Waals surface area contributed by atoms with Crippen LogP contribution in [0.4, 0.5) is 10.2 Å². The number of hydrogen-bond donors (Lipinski definition) is 1. The lowest BCUT2D eigenvalue weighted by molar-refractivity contribution is 0.0353. The third-order valence-corrected chi connectivity index (χ3v) is 6.81. The van der Waals surface area contributed by atoms with Crippen molar-refractivity contribution >= 4 is 11.8 Å². The predicted octanol–water partition coefficient (Wildman–Crippen LogP) is 3.29. The number of piperidine rings is 3. The number of aromatic nitrogens is 1. The molecular weight excluding hydrogens is 357 g/mol. The van der Waals surface area contributed by atoms with E-state index in [9.17, 15) is 14.3 Å². The molecule has 2 aromatic rings. The molecule has 0 aliphatic carbocycles. The zero-order valence-corrected chi connectivity index (χ0v) is 15.9. The predicted molar refractivity (Wildman–Crippen MR) is 104 cm³/mol. The molecule has 0 amide bonds. The van der Waals surface area contributed by atoms with E-state index in [1.165, 1.54) is 12.1 Å². The van der Waals surface area contributed by atoms with Crippen LogP contribution in [-0.4, -0.2) is 52.7 Å². The van der Waals surface area contributed by atoms with E-state index in [1.54, 1.807) is 12.1 Å². The number of carboxylic acids is 1. The average molecular weight is 381 g/mol. The minimum Gasteiger partial charge on any atom is -0.478 e. The third kappa shape index (κ3) is 2.70. The smallest absolute Gasteiger partial charge is 0.339 e. The third-order valence-electron chi connectivity index (χ3n) is 6.81. The van der Waals surface area contributed by atoms with Gasteiger partial charge in [-0.15, -0.1) is 0 Å². The van der Waals surface area contributed by atoms with Gasteiger partial charge in [-0.25, -0.2) is 14.2 Å². The van der Waals surface area contributed by atoms with Gasteiger partial charge in [-0.3, -0.25) is 4.90 Å². The summed E-state index contributed by atoms with van der Waals surface area (Å²) >= 11 is 0. The summed E-state index contributed by atoms with van der Waals surface area (Å²) in [6, 6.07) is 10.8. The summed E-state index contributed by atoms with van der Waals surface area (Å²) in [4.78, 5) is 21.3. The molecule has 0 spiro atoms. The molecule has 5 heterocycles. The fourth-order valence-electron chi connectivity index (χ4n) is 5.60. The van der Waals surface area contributed by atoms with E-state index in [0.29, 0.717) is 24.3 Å². The molecule has 6 rings (SSSR count). The van der Waals surface area contributed by atoms with Crippen molar-refractivity contribution < 1.29 is 14.3 Å². The van der Waals surface area contributed by atoms with Crippen LogP contribution in [0.1, 0.15) is 40.4 Å². The van der Waals surface area contributed by atoms with E-state index in [1.807, 2.05) is 19.1 Å². The van der Waals surface area contributed by atoms with Crippen LogP contribution in [0.3, 0.4) is 0 Å². The van der Waals surface area contributed by atoms with Gasteiger partial charge in [0.1, 0.15) is 17.2 Å². The summed E-state index contributed by atoms with van der Waals surface area (Å²) in [6.07, 6.45) is 2.28. The highest BCUT2D eigenvalue weighted by atomic mass is 19.1. The molecule has 1 N–H and O–H groups in total. The Kier molecular flexibility index (Phi) is 4.12. The maximum atomic E-state index is 13.5. The van der Waals surface area contributed by atoms with Crippen molar-refractivity contribution in [1.82, 2.24) is 9.88 Å². The minimum atomic E-state index is -0.939. The molecule has 1 aromatic heterocycles. The van der Waals surface area contributed by atoms with Gasteiger partial charge in [0, 0.05) is 30.2 Å². The van der Waals surface area contributed by atoms with Crippen LogP contribution in [0.5, 0.6) is 0 Å². The summed E-state index contributed by atoms with van der Waals surface area (Å²) in [7, 11) is 0. The molecule has 3 atom stereocenters. The Morgan fingerprint density at radius 1 is 1.11 bits per heavy atom. The number of carbonyl (C=O) groups is 1. The first kappa shape index (κ1) is 17.6. The summed E-state index contributed by atoms with van der Waals surface area (Å²) in [5.74, 6) is 0.183. The highest BCUT2D eigenvalue weighted by Crippen LogP contribution is 2.48. The average Bonchev–Trinajstić information content (AvgIpc) is 3.12. The van der Waals surface area contributed by atoms with Gasteiger partial charge in [0.2, 0.25) is 0 Å². The van der Waals surface area contributed by atoms with Crippen LogP contribution in [0.15, 0.2) is 36.4 Å². The fraction of sp³-hybridized carbons (Fsp3) is 0.455. The molecule has 146 valence electrons. The van der Waals surface area contributed by atoms with E-state index in [-0.39, 0.29) is 23.3 Å². The Balaban J connectivity index is 1.61. The normalized spacial score (nSPS) is 31.1. The van der Waals surface area contributed by atoms with Crippen molar-refractivity contribution in [1.29, 1.82) is 0 Å². The SMILES string of the molecule is Cc1ccc(C(=O)O)c(N2C[C@H](c3ccc(F)cc3)[C@H]3[C@@H]2C2CCN3CC2)n1. The number of hydrogen-bond acceptors (Lipinski definition) is 4. The maximum absolute atomic E-state index is 13.5. The number of halogens is 1. The van der Waals surface area contributed by atoms with Crippen molar-refractivity contribution in [3.05, 3.63) is 59.0 Å². The van der Waals surface area contributed by atoms with Crippen molar-refractivity contribution in [2.75, 3.05) is 24.5 Å². The second-order valence-electron chi connectivity index (χ2n) is 8.29. The first-order chi connectivity index (χ1) is 13.5. The van der Waals surface area contributed by atoms with Gasteiger partial charge in [0.15, 0.2) is 0 Å². The number of anilines is 1. The second kappa shape index (κ2) is 6.55. The van der Waals surface area contributed by atoms with Gasteiger partial charge >= 0.3 is 5.97 Å². The lowest BCUT2D eigenvalue weighted by Crippen LogP contribution is -2.60. The van der Waals surface area contributed by atoms with Gasteiger partial charge in [0.05, 0.1) is 0 Å². The molecule has 4 aliphatic heterocycles. The van der Waals surface area contributed by atoms with E-state index in [4.69, 9.17) is 0 Å². The number of benzene rings is 1. The van der Waals surface area contributed by atoms with Crippen LogP contribution in [0.2, 0.25) is 0 Å². The maximum Gasteiger partial charge on any atom is 0.339 e. The quantitative estimate of drug-likeness (QED) is 0.884. The second-order valence-corrected chi connectivity index (χ2v) is 8.29. The summed E-state index contributed by atoms with van der Waals surface area (Å²) in [6.45, 7) is 4.79. The Hall–Kier alpha value is -2.47. The number of nitrogens with zero attached hydrogens (tertiary/aromatic N) is 3. The van der Waals surface area contributed by atoms with E-state index in [2.05, 4.69) is 14.8 Å².